The van der Waals surface area contributed by atoms with Gasteiger partial charge < -0.3 is 10.1 Å². The normalized spacial score (nSPS) is 12.0. The Labute approximate surface area is 106 Å². The van der Waals surface area contributed by atoms with Crippen LogP contribution < -0.4 is 5.32 Å². The molecule has 0 fully saturated rings. The van der Waals surface area contributed by atoms with Crippen LogP contribution in [0, 0.1) is 0 Å². The molecular weight excluding hydrogens is 273 g/mol. The molecule has 1 rings (SSSR count). The van der Waals surface area contributed by atoms with Gasteiger partial charge in [-0.1, -0.05) is 23.2 Å². The number of rotatable bonds is 3. The van der Waals surface area contributed by atoms with E-state index in [1.807, 2.05) is 0 Å². The molecule has 0 radical (unpaired) electrons. The molecule has 1 aromatic heterocycles. The summed E-state index contributed by atoms with van der Waals surface area (Å²) in [5.41, 5.74) is 0.257. The molecule has 7 heteroatoms. The number of thiophene rings is 1. The summed E-state index contributed by atoms with van der Waals surface area (Å²) >= 11 is 12.6. The summed E-state index contributed by atoms with van der Waals surface area (Å²) in [7, 11) is 1.25. The number of hydrogen-bond acceptors (Lipinski definition) is 4. The van der Waals surface area contributed by atoms with Gasteiger partial charge in [0.1, 0.15) is 10.4 Å². The second kappa shape index (κ2) is 5.52. The second-order valence-electron chi connectivity index (χ2n) is 2.96. The van der Waals surface area contributed by atoms with Gasteiger partial charge in [0.15, 0.2) is 0 Å². The fourth-order valence-electron chi connectivity index (χ4n) is 1.01. The molecule has 0 spiro atoms. The van der Waals surface area contributed by atoms with Crippen molar-refractivity contribution in [3.05, 3.63) is 20.3 Å². The Morgan fingerprint density at radius 3 is 2.56 bits per heavy atom. The Morgan fingerprint density at radius 1 is 1.50 bits per heavy atom. The SMILES string of the molecule is COC(=O)C(C)NC(=O)c1cc(Cl)sc1Cl. The minimum Gasteiger partial charge on any atom is -0.467 e. The average Bonchev–Trinajstić information content (AvgIpc) is 2.56. The summed E-state index contributed by atoms with van der Waals surface area (Å²) in [4.78, 5) is 22.7. The van der Waals surface area contributed by atoms with Crippen LogP contribution in [0.1, 0.15) is 17.3 Å². The van der Waals surface area contributed by atoms with Gasteiger partial charge >= 0.3 is 5.97 Å². The topological polar surface area (TPSA) is 55.4 Å². The number of nitrogens with one attached hydrogen (secondary N) is 1. The van der Waals surface area contributed by atoms with Crippen LogP contribution in [0.5, 0.6) is 0 Å². The summed E-state index contributed by atoms with van der Waals surface area (Å²) in [6, 6.07) is 0.723. The van der Waals surface area contributed by atoms with Crippen LogP contribution in [0.4, 0.5) is 0 Å². The molecule has 1 aromatic rings. The van der Waals surface area contributed by atoms with Crippen molar-refractivity contribution in [2.75, 3.05) is 7.11 Å². The van der Waals surface area contributed by atoms with Gasteiger partial charge in [0.25, 0.3) is 5.91 Å². The number of ether oxygens (including phenoxy) is 1. The van der Waals surface area contributed by atoms with E-state index in [2.05, 4.69) is 10.1 Å². The van der Waals surface area contributed by atoms with E-state index < -0.39 is 17.9 Å². The minimum absolute atomic E-state index is 0.257. The predicted molar refractivity (Wildman–Crippen MR) is 63.3 cm³/mol. The molecule has 0 aliphatic carbocycles. The van der Waals surface area contributed by atoms with Crippen LogP contribution in [-0.2, 0) is 9.53 Å². The maximum Gasteiger partial charge on any atom is 0.328 e. The standard InChI is InChI=1S/C9H9Cl2NO3S/c1-4(9(14)15-2)12-8(13)5-3-6(10)16-7(5)11/h3-4H,1-2H3,(H,12,13). The first kappa shape index (κ1) is 13.3. The minimum atomic E-state index is -0.729. The number of halogens is 2. The van der Waals surface area contributed by atoms with E-state index in [1.54, 1.807) is 0 Å². The molecule has 0 aliphatic heterocycles. The lowest BCUT2D eigenvalue weighted by Crippen LogP contribution is -2.39. The summed E-state index contributed by atoms with van der Waals surface area (Å²) in [6.07, 6.45) is 0. The molecule has 0 aromatic carbocycles. The average molecular weight is 282 g/mol. The van der Waals surface area contributed by atoms with Gasteiger partial charge in [-0.3, -0.25) is 4.79 Å². The molecular formula is C9H9Cl2NO3S. The van der Waals surface area contributed by atoms with Gasteiger partial charge in [-0.2, -0.15) is 0 Å². The molecule has 1 atom stereocenters. The van der Waals surface area contributed by atoms with Crippen molar-refractivity contribution in [2.45, 2.75) is 13.0 Å². The smallest absolute Gasteiger partial charge is 0.328 e. The van der Waals surface area contributed by atoms with Gasteiger partial charge in [-0.15, -0.1) is 11.3 Å². The van der Waals surface area contributed by atoms with Crippen LogP contribution in [0.15, 0.2) is 6.07 Å². The number of carbonyl (C=O) groups is 2. The molecule has 0 aliphatic rings. The van der Waals surface area contributed by atoms with Gasteiger partial charge in [0.2, 0.25) is 0 Å². The lowest BCUT2D eigenvalue weighted by molar-refractivity contribution is -0.142. The predicted octanol–water partition coefficient (Wildman–Crippen LogP) is 2.35. The Bertz CT molecular complexity index is 419. The Hall–Kier alpha value is -0.780. The van der Waals surface area contributed by atoms with E-state index >= 15 is 0 Å². The number of carbonyl (C=O) groups excluding carboxylic acids is 2. The van der Waals surface area contributed by atoms with Crippen molar-refractivity contribution in [1.82, 2.24) is 5.32 Å². The number of esters is 1. The fraction of sp³-hybridized carbons (Fsp3) is 0.333. The summed E-state index contributed by atoms with van der Waals surface area (Å²) in [6.45, 7) is 1.52. The van der Waals surface area contributed by atoms with E-state index in [9.17, 15) is 9.59 Å². The van der Waals surface area contributed by atoms with Crippen molar-refractivity contribution >= 4 is 46.4 Å². The highest BCUT2D eigenvalue weighted by Crippen LogP contribution is 2.30. The third kappa shape index (κ3) is 3.10. The van der Waals surface area contributed by atoms with Crippen LogP contribution in [0.25, 0.3) is 0 Å². The zero-order valence-electron chi connectivity index (χ0n) is 8.54. The number of methoxy groups -OCH3 is 1. The number of amides is 1. The van der Waals surface area contributed by atoms with Crippen molar-refractivity contribution < 1.29 is 14.3 Å². The molecule has 1 N–H and O–H groups in total. The van der Waals surface area contributed by atoms with Gasteiger partial charge in [0, 0.05) is 0 Å². The molecule has 1 heterocycles. The maximum absolute atomic E-state index is 11.7. The van der Waals surface area contributed by atoms with Crippen molar-refractivity contribution in [2.24, 2.45) is 0 Å². The Morgan fingerprint density at radius 2 is 2.12 bits per heavy atom. The van der Waals surface area contributed by atoms with Crippen molar-refractivity contribution in [1.29, 1.82) is 0 Å². The summed E-state index contributed by atoms with van der Waals surface area (Å²) < 4.78 is 5.18. The molecule has 16 heavy (non-hydrogen) atoms. The van der Waals surface area contributed by atoms with Crippen molar-refractivity contribution in [3.63, 3.8) is 0 Å². The van der Waals surface area contributed by atoms with E-state index in [-0.39, 0.29) is 5.56 Å². The van der Waals surface area contributed by atoms with Crippen LogP contribution >= 0.6 is 34.5 Å². The first-order valence-corrected chi connectivity index (χ1v) is 5.86. The fourth-order valence-corrected chi connectivity index (χ4v) is 2.46. The lowest BCUT2D eigenvalue weighted by atomic mass is 10.3. The largest absolute Gasteiger partial charge is 0.467 e. The molecule has 1 unspecified atom stereocenters. The molecule has 0 saturated heterocycles. The van der Waals surface area contributed by atoms with Gasteiger partial charge in [-0.25, -0.2) is 4.79 Å². The van der Waals surface area contributed by atoms with Crippen LogP contribution in [0.3, 0.4) is 0 Å². The molecule has 1 amide bonds. The van der Waals surface area contributed by atoms with Gasteiger partial charge in [-0.05, 0) is 13.0 Å². The summed E-state index contributed by atoms with van der Waals surface area (Å²) in [5, 5.41) is 2.45. The molecule has 4 nitrogen and oxygen atoms in total. The Kier molecular flexibility index (Phi) is 4.58. The van der Waals surface area contributed by atoms with E-state index in [4.69, 9.17) is 23.2 Å². The third-order valence-corrected chi connectivity index (χ3v) is 3.29. The molecule has 0 saturated carbocycles. The zero-order chi connectivity index (χ0) is 12.3. The van der Waals surface area contributed by atoms with Crippen LogP contribution in [0.2, 0.25) is 8.67 Å². The zero-order valence-corrected chi connectivity index (χ0v) is 10.9. The quantitative estimate of drug-likeness (QED) is 0.866. The van der Waals surface area contributed by atoms with E-state index in [0.29, 0.717) is 8.67 Å². The molecule has 0 bridgehead atoms. The first-order chi connectivity index (χ1) is 7.45. The van der Waals surface area contributed by atoms with Crippen LogP contribution in [-0.4, -0.2) is 25.0 Å². The second-order valence-corrected chi connectivity index (χ2v) is 5.24. The molecule has 88 valence electrons. The monoisotopic (exact) mass is 281 g/mol. The van der Waals surface area contributed by atoms with E-state index in [1.165, 1.54) is 20.1 Å². The van der Waals surface area contributed by atoms with Crippen molar-refractivity contribution in [3.8, 4) is 0 Å². The van der Waals surface area contributed by atoms with E-state index in [0.717, 1.165) is 11.3 Å². The highest BCUT2D eigenvalue weighted by molar-refractivity contribution is 7.20. The highest BCUT2D eigenvalue weighted by Gasteiger charge is 2.20. The maximum atomic E-state index is 11.7. The Balaban J connectivity index is 2.73. The number of hydrogen-bond donors (Lipinski definition) is 1. The lowest BCUT2D eigenvalue weighted by Gasteiger charge is -2.10. The third-order valence-electron chi connectivity index (χ3n) is 1.80. The summed E-state index contributed by atoms with van der Waals surface area (Å²) in [5.74, 6) is -0.975. The highest BCUT2D eigenvalue weighted by atomic mass is 35.5. The first-order valence-electron chi connectivity index (χ1n) is 4.29. The van der Waals surface area contributed by atoms with Gasteiger partial charge in [0.05, 0.1) is 17.0 Å².